The molecule has 0 bridgehead atoms. The lowest BCUT2D eigenvalue weighted by molar-refractivity contribution is 0.0722. The van der Waals surface area contributed by atoms with Crippen LogP contribution >= 0.6 is 0 Å². The molecule has 0 heterocycles. The minimum atomic E-state index is -0.424. The van der Waals surface area contributed by atoms with Crippen molar-refractivity contribution in [3.63, 3.8) is 0 Å². The second kappa shape index (κ2) is 18.1. The molecular formula is C42H50O6. The molecule has 254 valence electrons. The summed E-state index contributed by atoms with van der Waals surface area (Å²) in [5.74, 6) is 1.57. The molecule has 0 aliphatic rings. The maximum Gasteiger partial charge on any atom is 0.343 e. The van der Waals surface area contributed by atoms with Crippen LogP contribution in [-0.2, 0) is 0 Å². The summed E-state index contributed by atoms with van der Waals surface area (Å²) in [5, 5.41) is 0. The number of carbonyl (C=O) groups is 2. The van der Waals surface area contributed by atoms with Crippen LogP contribution in [0.4, 0.5) is 0 Å². The Bertz CT molecular complexity index is 1520. The molecule has 48 heavy (non-hydrogen) atoms. The van der Waals surface area contributed by atoms with Crippen molar-refractivity contribution in [2.24, 2.45) is 0 Å². The van der Waals surface area contributed by atoms with Crippen molar-refractivity contribution in [3.8, 4) is 34.1 Å². The highest BCUT2D eigenvalue weighted by Gasteiger charge is 2.18. The topological polar surface area (TPSA) is 71.1 Å². The summed E-state index contributed by atoms with van der Waals surface area (Å²) in [5.41, 5.74) is 6.25. The molecule has 6 nitrogen and oxygen atoms in total. The first kappa shape index (κ1) is 36.3. The van der Waals surface area contributed by atoms with Gasteiger partial charge in [-0.15, -0.1) is 0 Å². The highest BCUT2D eigenvalue weighted by Crippen LogP contribution is 2.35. The lowest BCUT2D eigenvalue weighted by Gasteiger charge is -2.16. The van der Waals surface area contributed by atoms with Crippen molar-refractivity contribution < 1.29 is 28.5 Å². The van der Waals surface area contributed by atoms with E-state index >= 15 is 0 Å². The molecule has 4 aromatic rings. The third-order valence-corrected chi connectivity index (χ3v) is 8.32. The van der Waals surface area contributed by atoms with Gasteiger partial charge in [-0.05, 0) is 135 Å². The smallest absolute Gasteiger partial charge is 0.343 e. The predicted octanol–water partition coefficient (Wildman–Crippen LogP) is 10.9. The summed E-state index contributed by atoms with van der Waals surface area (Å²) in [6.45, 7) is 13.4. The Balaban J connectivity index is 1.43. The molecule has 0 atom stereocenters. The molecule has 0 N–H and O–H groups in total. The Hall–Kier alpha value is -4.58. The van der Waals surface area contributed by atoms with Gasteiger partial charge in [-0.2, -0.15) is 0 Å². The second-order valence-electron chi connectivity index (χ2n) is 12.5. The molecule has 0 aliphatic carbocycles. The molecule has 0 radical (unpaired) electrons. The van der Waals surface area contributed by atoms with Crippen LogP contribution in [0.5, 0.6) is 23.0 Å². The van der Waals surface area contributed by atoms with Gasteiger partial charge in [0.25, 0.3) is 0 Å². The van der Waals surface area contributed by atoms with Crippen LogP contribution in [0.1, 0.15) is 108 Å². The monoisotopic (exact) mass is 650 g/mol. The SMILES string of the molecule is CCCCCCOc1cccc(C(=O)Oc2c(C)cc(-c3cc(C)c(OC(=O)c4cccc(OCCCCCC)c4)c(C)c3)cc2C)c1. The largest absolute Gasteiger partial charge is 0.494 e. The van der Waals surface area contributed by atoms with Gasteiger partial charge < -0.3 is 18.9 Å². The van der Waals surface area contributed by atoms with E-state index in [2.05, 4.69) is 13.8 Å². The summed E-state index contributed by atoms with van der Waals surface area (Å²) in [6.07, 6.45) is 8.98. The quantitative estimate of drug-likeness (QED) is 0.0643. The fourth-order valence-corrected chi connectivity index (χ4v) is 5.72. The molecule has 0 spiro atoms. The van der Waals surface area contributed by atoms with Crippen LogP contribution in [0, 0.1) is 27.7 Å². The van der Waals surface area contributed by atoms with Gasteiger partial charge in [0.15, 0.2) is 0 Å². The molecule has 4 aromatic carbocycles. The molecule has 6 heteroatoms. The molecule has 0 unspecified atom stereocenters. The predicted molar refractivity (Wildman–Crippen MR) is 193 cm³/mol. The number of unbranched alkanes of at least 4 members (excludes halogenated alkanes) is 6. The molecule has 0 amide bonds. The van der Waals surface area contributed by atoms with Crippen LogP contribution in [0.2, 0.25) is 0 Å². The van der Waals surface area contributed by atoms with E-state index in [0.29, 0.717) is 47.3 Å². The summed E-state index contributed by atoms with van der Waals surface area (Å²) >= 11 is 0. The van der Waals surface area contributed by atoms with E-state index in [9.17, 15) is 9.59 Å². The first-order valence-electron chi connectivity index (χ1n) is 17.3. The number of benzene rings is 4. The summed E-state index contributed by atoms with van der Waals surface area (Å²) in [7, 11) is 0. The number of hydrogen-bond acceptors (Lipinski definition) is 6. The van der Waals surface area contributed by atoms with Gasteiger partial charge in [-0.1, -0.05) is 64.5 Å². The van der Waals surface area contributed by atoms with E-state index in [1.54, 1.807) is 24.3 Å². The Morgan fingerprint density at radius 2 is 0.875 bits per heavy atom. The van der Waals surface area contributed by atoms with Crippen molar-refractivity contribution in [1.29, 1.82) is 0 Å². The zero-order valence-electron chi connectivity index (χ0n) is 29.4. The van der Waals surface area contributed by atoms with E-state index in [0.717, 1.165) is 59.1 Å². The van der Waals surface area contributed by atoms with Crippen LogP contribution < -0.4 is 18.9 Å². The number of esters is 2. The molecule has 0 aliphatic heterocycles. The van der Waals surface area contributed by atoms with Crippen molar-refractivity contribution in [2.45, 2.75) is 92.9 Å². The summed E-state index contributed by atoms with van der Waals surface area (Å²) in [6, 6.07) is 22.4. The fraction of sp³-hybridized carbons (Fsp3) is 0.381. The number of aryl methyl sites for hydroxylation is 4. The minimum Gasteiger partial charge on any atom is -0.494 e. The molecular weight excluding hydrogens is 600 g/mol. The van der Waals surface area contributed by atoms with Crippen LogP contribution in [0.15, 0.2) is 72.8 Å². The second-order valence-corrected chi connectivity index (χ2v) is 12.5. The zero-order chi connectivity index (χ0) is 34.5. The van der Waals surface area contributed by atoms with E-state index in [-0.39, 0.29) is 0 Å². The summed E-state index contributed by atoms with van der Waals surface area (Å²) < 4.78 is 23.5. The zero-order valence-corrected chi connectivity index (χ0v) is 29.4. The average molecular weight is 651 g/mol. The Labute approximate surface area is 286 Å². The minimum absolute atomic E-state index is 0.424. The Morgan fingerprint density at radius 1 is 0.500 bits per heavy atom. The van der Waals surface area contributed by atoms with E-state index < -0.39 is 11.9 Å². The van der Waals surface area contributed by atoms with Gasteiger partial charge >= 0.3 is 11.9 Å². The van der Waals surface area contributed by atoms with Gasteiger partial charge in [0, 0.05) is 0 Å². The number of hydrogen-bond donors (Lipinski definition) is 0. The third kappa shape index (κ3) is 10.2. The van der Waals surface area contributed by atoms with Crippen molar-refractivity contribution >= 4 is 11.9 Å². The third-order valence-electron chi connectivity index (χ3n) is 8.32. The van der Waals surface area contributed by atoms with Crippen LogP contribution in [-0.4, -0.2) is 25.2 Å². The summed E-state index contributed by atoms with van der Waals surface area (Å²) in [4.78, 5) is 26.3. The normalized spacial score (nSPS) is 10.9. The molecule has 0 fully saturated rings. The van der Waals surface area contributed by atoms with E-state index in [1.165, 1.54) is 25.7 Å². The molecule has 0 saturated heterocycles. The standard InChI is InChI=1S/C42H50O6/c1-7-9-11-13-21-45-37-19-15-17-33(27-37)41(43)47-39-29(3)23-35(24-30(39)4)36-25-31(5)40(32(6)26-36)48-42(44)34-18-16-20-38(28-34)46-22-14-12-10-8-2/h15-20,23-28H,7-14,21-22H2,1-6H3. The number of carbonyl (C=O) groups excluding carboxylic acids is 2. The van der Waals surface area contributed by atoms with Crippen LogP contribution in [0.3, 0.4) is 0 Å². The lowest BCUT2D eigenvalue weighted by atomic mass is 9.96. The highest BCUT2D eigenvalue weighted by molar-refractivity contribution is 5.92. The van der Waals surface area contributed by atoms with Gasteiger partial charge in [0.2, 0.25) is 0 Å². The molecule has 0 saturated carbocycles. The molecule has 0 aromatic heterocycles. The molecule has 4 rings (SSSR count). The average Bonchev–Trinajstić information content (AvgIpc) is 3.07. The van der Waals surface area contributed by atoms with Crippen molar-refractivity contribution in [2.75, 3.05) is 13.2 Å². The Morgan fingerprint density at radius 3 is 1.23 bits per heavy atom. The maximum absolute atomic E-state index is 13.1. The van der Waals surface area contributed by atoms with Gasteiger partial charge in [0.1, 0.15) is 23.0 Å². The van der Waals surface area contributed by atoms with Gasteiger partial charge in [-0.25, -0.2) is 9.59 Å². The maximum atomic E-state index is 13.1. The van der Waals surface area contributed by atoms with Crippen molar-refractivity contribution in [1.82, 2.24) is 0 Å². The van der Waals surface area contributed by atoms with Crippen LogP contribution in [0.25, 0.3) is 11.1 Å². The number of rotatable bonds is 17. The lowest BCUT2D eigenvalue weighted by Crippen LogP contribution is -2.11. The van der Waals surface area contributed by atoms with Crippen molar-refractivity contribution in [3.05, 3.63) is 106 Å². The number of ether oxygens (including phenoxy) is 4. The van der Waals surface area contributed by atoms with E-state index in [1.807, 2.05) is 76.2 Å². The van der Waals surface area contributed by atoms with E-state index in [4.69, 9.17) is 18.9 Å². The van der Waals surface area contributed by atoms with Gasteiger partial charge in [0.05, 0.1) is 24.3 Å². The van der Waals surface area contributed by atoms with Gasteiger partial charge in [-0.3, -0.25) is 0 Å². The first-order chi connectivity index (χ1) is 23.2. The highest BCUT2D eigenvalue weighted by atomic mass is 16.5. The Kier molecular flexibility index (Phi) is 13.7. The first-order valence-corrected chi connectivity index (χ1v) is 17.3. The fourth-order valence-electron chi connectivity index (χ4n) is 5.72.